The Labute approximate surface area is 194 Å². The van der Waals surface area contributed by atoms with Crippen molar-refractivity contribution >= 4 is 21.2 Å². The van der Waals surface area contributed by atoms with Gasteiger partial charge in [-0.3, -0.25) is 4.72 Å². The Hall–Kier alpha value is -4.05. The van der Waals surface area contributed by atoms with Gasteiger partial charge in [-0.05, 0) is 53.6 Å². The summed E-state index contributed by atoms with van der Waals surface area (Å²) in [6.45, 7) is 0. The second kappa shape index (κ2) is 8.07. The topological polar surface area (TPSA) is 81.3 Å². The first-order valence-electron chi connectivity index (χ1n) is 10.2. The summed E-state index contributed by atoms with van der Waals surface area (Å²) >= 11 is 0. The van der Waals surface area contributed by atoms with Gasteiger partial charge in [-0.25, -0.2) is 26.7 Å². The molecule has 0 saturated heterocycles. The molecule has 7 nitrogen and oxygen atoms in total. The van der Waals surface area contributed by atoms with Gasteiger partial charge in [0, 0.05) is 47.9 Å². The second-order valence-electron chi connectivity index (χ2n) is 8.03. The Kier molecular flexibility index (Phi) is 5.17. The van der Waals surface area contributed by atoms with E-state index >= 15 is 0 Å². The SMILES string of the molecule is Cn1cnc(-c2ccc3c(-c4cc(NS(C)(=O)=O)cc(-c5ccc(F)cc5F)c4)cnn3c2)c1. The molecule has 0 radical (unpaired) electrons. The quantitative estimate of drug-likeness (QED) is 0.396. The molecule has 2 aromatic carbocycles. The molecule has 5 aromatic rings. The van der Waals surface area contributed by atoms with Crippen LogP contribution in [0.3, 0.4) is 0 Å². The summed E-state index contributed by atoms with van der Waals surface area (Å²) < 4.78 is 57.8. The molecule has 0 amide bonds. The second-order valence-corrected chi connectivity index (χ2v) is 9.78. The molecule has 0 atom stereocenters. The Morgan fingerprint density at radius 1 is 0.912 bits per heavy atom. The minimum atomic E-state index is -3.59. The third-order valence-corrected chi connectivity index (χ3v) is 5.91. The molecule has 0 aliphatic carbocycles. The molecule has 3 aromatic heterocycles. The smallest absolute Gasteiger partial charge is 0.229 e. The number of hydrogen-bond acceptors (Lipinski definition) is 4. The summed E-state index contributed by atoms with van der Waals surface area (Å²) in [7, 11) is -1.70. The standard InChI is InChI=1S/C24H19F2N5O2S/c1-30-13-23(27-14-30)15-3-6-24-21(11-28-31(24)12-15)17-7-16(8-19(9-17)29-34(2,32)33)20-5-4-18(25)10-22(20)26/h3-14,29H,1-2H3. The van der Waals surface area contributed by atoms with Crippen LogP contribution in [0.5, 0.6) is 0 Å². The van der Waals surface area contributed by atoms with Gasteiger partial charge in [0.15, 0.2) is 0 Å². The lowest BCUT2D eigenvalue weighted by Gasteiger charge is -2.12. The molecule has 0 unspecified atom stereocenters. The molecule has 0 aliphatic rings. The third-order valence-electron chi connectivity index (χ3n) is 5.31. The lowest BCUT2D eigenvalue weighted by atomic mass is 9.98. The number of anilines is 1. The number of nitrogens with zero attached hydrogens (tertiary/aromatic N) is 4. The fourth-order valence-corrected chi connectivity index (χ4v) is 4.40. The molecule has 5 rings (SSSR count). The highest BCUT2D eigenvalue weighted by Gasteiger charge is 2.15. The summed E-state index contributed by atoms with van der Waals surface area (Å²) in [5.74, 6) is -1.44. The number of pyridine rings is 1. The highest BCUT2D eigenvalue weighted by molar-refractivity contribution is 7.92. The number of sulfonamides is 1. The van der Waals surface area contributed by atoms with Crippen molar-refractivity contribution in [2.45, 2.75) is 0 Å². The Morgan fingerprint density at radius 3 is 2.35 bits per heavy atom. The van der Waals surface area contributed by atoms with Crippen molar-refractivity contribution in [3.63, 3.8) is 0 Å². The Morgan fingerprint density at radius 2 is 1.68 bits per heavy atom. The maximum Gasteiger partial charge on any atom is 0.229 e. The van der Waals surface area contributed by atoms with Gasteiger partial charge in [-0.15, -0.1) is 0 Å². The van der Waals surface area contributed by atoms with Crippen LogP contribution in [0.15, 0.2) is 73.4 Å². The van der Waals surface area contributed by atoms with E-state index in [1.807, 2.05) is 36.1 Å². The fraction of sp³-hybridized carbons (Fsp3) is 0.0833. The number of rotatable bonds is 5. The predicted octanol–water partition coefficient (Wildman–Crippen LogP) is 4.72. The van der Waals surface area contributed by atoms with Crippen LogP contribution in [0, 0.1) is 11.6 Å². The van der Waals surface area contributed by atoms with Gasteiger partial charge < -0.3 is 4.57 Å². The minimum absolute atomic E-state index is 0.147. The zero-order valence-corrected chi connectivity index (χ0v) is 19.0. The molecule has 172 valence electrons. The molecule has 34 heavy (non-hydrogen) atoms. The fourth-order valence-electron chi connectivity index (χ4n) is 3.86. The van der Waals surface area contributed by atoms with Gasteiger partial charge in [0.25, 0.3) is 0 Å². The van der Waals surface area contributed by atoms with Gasteiger partial charge in [-0.2, -0.15) is 5.10 Å². The van der Waals surface area contributed by atoms with Crippen molar-refractivity contribution in [3.8, 4) is 33.5 Å². The molecule has 0 spiro atoms. The van der Waals surface area contributed by atoms with E-state index in [0.717, 1.165) is 35.2 Å². The van der Waals surface area contributed by atoms with Crippen molar-refractivity contribution < 1.29 is 17.2 Å². The van der Waals surface area contributed by atoms with Crippen LogP contribution in [-0.4, -0.2) is 33.8 Å². The van der Waals surface area contributed by atoms with Crippen LogP contribution in [-0.2, 0) is 17.1 Å². The normalized spacial score (nSPS) is 11.8. The average molecular weight is 480 g/mol. The molecule has 3 heterocycles. The van der Waals surface area contributed by atoms with Gasteiger partial charge in [0.05, 0.1) is 30.0 Å². The van der Waals surface area contributed by atoms with Gasteiger partial charge >= 0.3 is 0 Å². The number of aromatic nitrogens is 4. The number of halogens is 2. The maximum absolute atomic E-state index is 14.5. The Balaban J connectivity index is 1.65. The molecular weight excluding hydrogens is 460 g/mol. The van der Waals surface area contributed by atoms with E-state index in [1.54, 1.807) is 29.2 Å². The van der Waals surface area contributed by atoms with E-state index in [2.05, 4.69) is 14.8 Å². The highest BCUT2D eigenvalue weighted by Crippen LogP contribution is 2.34. The van der Waals surface area contributed by atoms with Gasteiger partial charge in [0.1, 0.15) is 11.6 Å². The predicted molar refractivity (Wildman–Crippen MR) is 127 cm³/mol. The highest BCUT2D eigenvalue weighted by atomic mass is 32.2. The van der Waals surface area contributed by atoms with E-state index in [1.165, 1.54) is 12.1 Å². The first-order chi connectivity index (χ1) is 16.2. The average Bonchev–Trinajstić information content (AvgIpc) is 3.38. The number of benzene rings is 2. The summed E-state index contributed by atoms with van der Waals surface area (Å²) in [5, 5.41) is 4.44. The van der Waals surface area contributed by atoms with E-state index in [-0.39, 0.29) is 11.3 Å². The molecule has 0 fully saturated rings. The van der Waals surface area contributed by atoms with Gasteiger partial charge in [-0.1, -0.05) is 0 Å². The summed E-state index contributed by atoms with van der Waals surface area (Å²) in [6.07, 6.45) is 8.15. The Bertz CT molecular complexity index is 1660. The van der Waals surface area contributed by atoms with Gasteiger partial charge in [0.2, 0.25) is 10.0 Å². The maximum atomic E-state index is 14.5. The van der Waals surface area contributed by atoms with Crippen LogP contribution in [0.25, 0.3) is 39.0 Å². The van der Waals surface area contributed by atoms with Crippen molar-refractivity contribution in [2.75, 3.05) is 11.0 Å². The van der Waals surface area contributed by atoms with Crippen molar-refractivity contribution in [2.24, 2.45) is 7.05 Å². The van der Waals surface area contributed by atoms with Crippen molar-refractivity contribution in [1.29, 1.82) is 0 Å². The van der Waals surface area contributed by atoms with Crippen LogP contribution in [0.4, 0.5) is 14.5 Å². The first kappa shape index (κ1) is 21.8. The van der Waals surface area contributed by atoms with Crippen LogP contribution in [0.2, 0.25) is 0 Å². The minimum Gasteiger partial charge on any atom is -0.340 e. The monoisotopic (exact) mass is 479 g/mol. The van der Waals surface area contributed by atoms with E-state index in [9.17, 15) is 17.2 Å². The zero-order chi connectivity index (χ0) is 24.0. The van der Waals surface area contributed by atoms with Crippen LogP contribution >= 0.6 is 0 Å². The molecule has 1 N–H and O–H groups in total. The largest absolute Gasteiger partial charge is 0.340 e. The van der Waals surface area contributed by atoms with Crippen LogP contribution in [0.1, 0.15) is 0 Å². The van der Waals surface area contributed by atoms with E-state index in [0.29, 0.717) is 16.7 Å². The summed E-state index contributed by atoms with van der Waals surface area (Å²) in [5.41, 5.74) is 4.57. The lowest BCUT2D eigenvalue weighted by Crippen LogP contribution is -2.09. The number of nitrogens with one attached hydrogen (secondary N) is 1. The van der Waals surface area contributed by atoms with E-state index in [4.69, 9.17) is 0 Å². The molecule has 10 heteroatoms. The van der Waals surface area contributed by atoms with Crippen molar-refractivity contribution in [3.05, 3.63) is 85.1 Å². The van der Waals surface area contributed by atoms with E-state index < -0.39 is 21.7 Å². The first-order valence-corrected chi connectivity index (χ1v) is 12.1. The lowest BCUT2D eigenvalue weighted by molar-refractivity contribution is 0.585. The number of imidazole rings is 1. The molecule has 0 saturated carbocycles. The summed E-state index contributed by atoms with van der Waals surface area (Å²) in [6, 6.07) is 11.9. The molecule has 0 aliphatic heterocycles. The number of aryl methyl sites for hydroxylation is 1. The molecule has 0 bridgehead atoms. The molecular formula is C24H19F2N5O2S. The third kappa shape index (κ3) is 4.27. The number of fused-ring (bicyclic) bond motifs is 1. The summed E-state index contributed by atoms with van der Waals surface area (Å²) in [4.78, 5) is 4.36. The number of hydrogen-bond donors (Lipinski definition) is 1. The zero-order valence-electron chi connectivity index (χ0n) is 18.2. The van der Waals surface area contributed by atoms with Crippen molar-refractivity contribution in [1.82, 2.24) is 19.2 Å². The van der Waals surface area contributed by atoms with Crippen LogP contribution < -0.4 is 4.72 Å².